The first-order valence-electron chi connectivity index (χ1n) is 5.89. The highest BCUT2D eigenvalue weighted by atomic mass is 19.1. The number of benzene rings is 1. The summed E-state index contributed by atoms with van der Waals surface area (Å²) < 4.78 is 13.6. The fourth-order valence-electron chi connectivity index (χ4n) is 1.71. The number of rotatable bonds is 4. The zero-order chi connectivity index (χ0) is 14.7. The first-order chi connectivity index (χ1) is 9.47. The van der Waals surface area contributed by atoms with Crippen LogP contribution in [-0.2, 0) is 6.54 Å². The Morgan fingerprint density at radius 3 is 2.80 bits per heavy atom. The van der Waals surface area contributed by atoms with Crippen LogP contribution in [-0.4, -0.2) is 21.2 Å². The lowest BCUT2D eigenvalue weighted by atomic mass is 10.2. The number of aromatic nitrogens is 1. The predicted octanol–water partition coefficient (Wildman–Crippen LogP) is 2.55. The third-order valence-corrected chi connectivity index (χ3v) is 2.75. The zero-order valence-corrected chi connectivity index (χ0v) is 10.7. The van der Waals surface area contributed by atoms with Crippen LogP contribution in [0.3, 0.4) is 0 Å². The molecule has 0 radical (unpaired) electrons. The summed E-state index contributed by atoms with van der Waals surface area (Å²) in [5.41, 5.74) is 1.12. The van der Waals surface area contributed by atoms with E-state index in [9.17, 15) is 14.3 Å². The highest BCUT2D eigenvalue weighted by Gasteiger charge is 2.09. The summed E-state index contributed by atoms with van der Waals surface area (Å²) in [7, 11) is 0. The van der Waals surface area contributed by atoms with E-state index < -0.39 is 11.8 Å². The van der Waals surface area contributed by atoms with Gasteiger partial charge in [-0.3, -0.25) is 4.98 Å². The molecule has 6 heteroatoms. The predicted molar refractivity (Wildman–Crippen MR) is 71.3 cm³/mol. The summed E-state index contributed by atoms with van der Waals surface area (Å²) in [6, 6.07) is 6.62. The lowest BCUT2D eigenvalue weighted by Gasteiger charge is -2.09. The Morgan fingerprint density at radius 2 is 2.10 bits per heavy atom. The molecule has 1 heterocycles. The summed E-state index contributed by atoms with van der Waals surface area (Å²) in [6.07, 6.45) is 0. The number of aromatic hydroxyl groups is 1. The van der Waals surface area contributed by atoms with E-state index in [1.807, 2.05) is 0 Å². The topological polar surface area (TPSA) is 82.5 Å². The molecule has 0 saturated carbocycles. The van der Waals surface area contributed by atoms with Crippen molar-refractivity contribution in [3.8, 4) is 5.75 Å². The number of anilines is 1. The van der Waals surface area contributed by atoms with Gasteiger partial charge in [-0.2, -0.15) is 0 Å². The van der Waals surface area contributed by atoms with Gasteiger partial charge < -0.3 is 15.5 Å². The van der Waals surface area contributed by atoms with E-state index in [2.05, 4.69) is 10.3 Å². The van der Waals surface area contributed by atoms with Crippen molar-refractivity contribution in [1.29, 1.82) is 0 Å². The molecule has 5 nitrogen and oxygen atoms in total. The molecule has 0 aliphatic heterocycles. The quantitative estimate of drug-likeness (QED) is 0.799. The Bertz CT molecular complexity index is 659. The minimum atomic E-state index is -1.13. The molecule has 0 spiro atoms. The van der Waals surface area contributed by atoms with Gasteiger partial charge in [0.1, 0.15) is 17.3 Å². The van der Waals surface area contributed by atoms with E-state index in [0.717, 1.165) is 11.8 Å². The zero-order valence-electron chi connectivity index (χ0n) is 10.7. The molecular formula is C14H13FN2O3. The number of carboxylic acids is 1. The van der Waals surface area contributed by atoms with Gasteiger partial charge in [-0.15, -0.1) is 0 Å². The second-order valence-corrected chi connectivity index (χ2v) is 4.27. The van der Waals surface area contributed by atoms with E-state index in [1.54, 1.807) is 13.0 Å². The van der Waals surface area contributed by atoms with Gasteiger partial charge in [-0.05, 0) is 37.3 Å². The van der Waals surface area contributed by atoms with Crippen LogP contribution in [0, 0.1) is 12.7 Å². The molecule has 0 fully saturated rings. The van der Waals surface area contributed by atoms with E-state index in [4.69, 9.17) is 5.11 Å². The van der Waals surface area contributed by atoms with Crippen molar-refractivity contribution in [2.45, 2.75) is 13.5 Å². The number of halogens is 1. The van der Waals surface area contributed by atoms with Gasteiger partial charge in [0, 0.05) is 5.69 Å². The Kier molecular flexibility index (Phi) is 3.84. The van der Waals surface area contributed by atoms with Crippen LogP contribution in [0.15, 0.2) is 30.3 Å². The summed E-state index contributed by atoms with van der Waals surface area (Å²) in [5, 5.41) is 21.2. The molecule has 2 aromatic rings. The first-order valence-corrected chi connectivity index (χ1v) is 5.89. The number of nitrogens with one attached hydrogen (secondary N) is 1. The molecule has 0 aliphatic rings. The normalized spacial score (nSPS) is 10.3. The average molecular weight is 276 g/mol. The molecule has 104 valence electrons. The molecular weight excluding hydrogens is 263 g/mol. The number of aryl methyl sites for hydroxylation is 1. The van der Waals surface area contributed by atoms with E-state index >= 15 is 0 Å². The Hall–Kier alpha value is -2.63. The van der Waals surface area contributed by atoms with Crippen LogP contribution >= 0.6 is 0 Å². The van der Waals surface area contributed by atoms with Crippen LogP contribution in [0.4, 0.5) is 10.1 Å². The number of aromatic carboxylic acids is 1. The molecule has 20 heavy (non-hydrogen) atoms. The fraction of sp³-hybridized carbons (Fsp3) is 0.143. The summed E-state index contributed by atoms with van der Waals surface area (Å²) in [6.45, 7) is 1.86. The van der Waals surface area contributed by atoms with Gasteiger partial charge in [0.25, 0.3) is 0 Å². The van der Waals surface area contributed by atoms with Crippen LogP contribution < -0.4 is 5.32 Å². The maximum atomic E-state index is 13.6. The maximum Gasteiger partial charge on any atom is 0.335 e. The monoisotopic (exact) mass is 276 g/mol. The van der Waals surface area contributed by atoms with Crippen LogP contribution in [0.25, 0.3) is 0 Å². The molecule has 0 atom stereocenters. The Labute approximate surface area is 114 Å². The van der Waals surface area contributed by atoms with Gasteiger partial charge in [-0.25, -0.2) is 9.18 Å². The second kappa shape index (κ2) is 5.56. The summed E-state index contributed by atoms with van der Waals surface area (Å²) in [5.74, 6) is -1.70. The van der Waals surface area contributed by atoms with Crippen LogP contribution in [0.5, 0.6) is 5.75 Å². The van der Waals surface area contributed by atoms with Crippen molar-refractivity contribution in [2.75, 3.05) is 5.32 Å². The number of carbonyl (C=O) groups is 1. The number of carboxylic acid groups (broad SMARTS) is 1. The molecule has 0 saturated heterocycles. The van der Waals surface area contributed by atoms with Gasteiger partial charge in [0.2, 0.25) is 0 Å². The maximum absolute atomic E-state index is 13.6. The minimum absolute atomic E-state index is 0.00195. The first kappa shape index (κ1) is 13.8. The molecule has 2 rings (SSSR count). The van der Waals surface area contributed by atoms with Crippen molar-refractivity contribution in [3.63, 3.8) is 0 Å². The lowest BCUT2D eigenvalue weighted by molar-refractivity contribution is 0.0697. The third-order valence-electron chi connectivity index (χ3n) is 2.75. The van der Waals surface area contributed by atoms with Gasteiger partial charge in [0.15, 0.2) is 0 Å². The van der Waals surface area contributed by atoms with Crippen molar-refractivity contribution in [2.24, 2.45) is 0 Å². The molecule has 1 aromatic heterocycles. The number of hydrogen-bond acceptors (Lipinski definition) is 4. The van der Waals surface area contributed by atoms with Gasteiger partial charge in [-0.1, -0.05) is 0 Å². The minimum Gasteiger partial charge on any atom is -0.506 e. The Balaban J connectivity index is 2.20. The third kappa shape index (κ3) is 3.03. The molecule has 0 unspecified atom stereocenters. The summed E-state index contributed by atoms with van der Waals surface area (Å²) in [4.78, 5) is 15.0. The Morgan fingerprint density at radius 1 is 1.35 bits per heavy atom. The molecule has 1 aromatic carbocycles. The highest BCUT2D eigenvalue weighted by molar-refractivity contribution is 5.88. The van der Waals surface area contributed by atoms with Crippen molar-refractivity contribution >= 4 is 11.7 Å². The SMILES string of the molecule is Cc1ccc(O)c(CNc2cc(C(=O)O)ccc2F)n1. The largest absolute Gasteiger partial charge is 0.506 e. The van der Waals surface area contributed by atoms with E-state index in [0.29, 0.717) is 5.69 Å². The van der Waals surface area contributed by atoms with Gasteiger partial charge in [0.05, 0.1) is 17.8 Å². The number of nitrogens with zero attached hydrogens (tertiary/aromatic N) is 1. The summed E-state index contributed by atoms with van der Waals surface area (Å²) >= 11 is 0. The fourth-order valence-corrected chi connectivity index (χ4v) is 1.71. The second-order valence-electron chi connectivity index (χ2n) is 4.27. The standard InChI is InChI=1S/C14H13FN2O3/c1-8-2-5-13(18)12(17-8)7-16-11-6-9(14(19)20)3-4-10(11)15/h2-6,16,18H,7H2,1H3,(H,19,20). The number of hydrogen-bond donors (Lipinski definition) is 3. The van der Waals surface area contributed by atoms with Crippen molar-refractivity contribution in [3.05, 3.63) is 53.1 Å². The highest BCUT2D eigenvalue weighted by Crippen LogP contribution is 2.20. The lowest BCUT2D eigenvalue weighted by Crippen LogP contribution is -2.06. The smallest absolute Gasteiger partial charge is 0.335 e. The van der Waals surface area contributed by atoms with Gasteiger partial charge >= 0.3 is 5.97 Å². The molecule has 0 aliphatic carbocycles. The van der Waals surface area contributed by atoms with Crippen molar-refractivity contribution in [1.82, 2.24) is 4.98 Å². The van der Waals surface area contributed by atoms with Crippen LogP contribution in [0.2, 0.25) is 0 Å². The van der Waals surface area contributed by atoms with E-state index in [-0.39, 0.29) is 23.5 Å². The van der Waals surface area contributed by atoms with Crippen molar-refractivity contribution < 1.29 is 19.4 Å². The molecule has 3 N–H and O–H groups in total. The molecule has 0 bridgehead atoms. The average Bonchev–Trinajstić information content (AvgIpc) is 2.41. The van der Waals surface area contributed by atoms with E-state index in [1.165, 1.54) is 18.2 Å². The molecule has 0 amide bonds. The number of pyridine rings is 1. The van der Waals surface area contributed by atoms with Crippen LogP contribution in [0.1, 0.15) is 21.7 Å².